The molecule has 0 heterocycles. The third-order valence-electron chi connectivity index (χ3n) is 3.24. The number of unbranched alkanes of at least 4 members (excludes halogenated alkanes) is 4. The topological polar surface area (TPSA) is 44.5 Å². The van der Waals surface area contributed by atoms with E-state index in [1.54, 1.807) is 0 Å². The van der Waals surface area contributed by atoms with Gasteiger partial charge in [-0.3, -0.25) is 0 Å². The Morgan fingerprint density at radius 2 is 1.65 bits per heavy atom. The van der Waals surface area contributed by atoms with Crippen molar-refractivity contribution in [2.45, 2.75) is 45.4 Å². The molecule has 0 amide bonds. The maximum absolute atomic E-state index is 5.63. The first-order valence-electron chi connectivity index (χ1n) is 7.86. The predicted molar refractivity (Wildman–Crippen MR) is 84.3 cm³/mol. The smallest absolute Gasteiger partial charge is 0.119 e. The number of hydrogen-bond acceptors (Lipinski definition) is 3. The Hall–Kier alpha value is -1.06. The van der Waals surface area contributed by atoms with Gasteiger partial charge in [-0.25, -0.2) is 0 Å². The Balaban J connectivity index is 1.98. The van der Waals surface area contributed by atoms with E-state index in [4.69, 9.17) is 15.2 Å². The first-order valence-corrected chi connectivity index (χ1v) is 7.86. The van der Waals surface area contributed by atoms with Gasteiger partial charge in [0.2, 0.25) is 0 Å². The fourth-order valence-electron chi connectivity index (χ4n) is 2.05. The summed E-state index contributed by atoms with van der Waals surface area (Å²) in [5.74, 6) is 0.900. The fraction of sp³-hybridized carbons (Fsp3) is 0.647. The summed E-state index contributed by atoms with van der Waals surface area (Å²) in [6.07, 6.45) is 7.31. The van der Waals surface area contributed by atoms with Gasteiger partial charge in [0.05, 0.1) is 6.61 Å². The summed E-state index contributed by atoms with van der Waals surface area (Å²) < 4.78 is 11.2. The van der Waals surface area contributed by atoms with Crippen molar-refractivity contribution in [1.29, 1.82) is 0 Å². The maximum atomic E-state index is 5.63. The summed E-state index contributed by atoms with van der Waals surface area (Å²) in [6, 6.07) is 8.12. The van der Waals surface area contributed by atoms with Gasteiger partial charge in [0, 0.05) is 6.61 Å². The number of benzene rings is 1. The average molecular weight is 279 g/mol. The molecule has 1 aromatic carbocycles. The van der Waals surface area contributed by atoms with E-state index in [2.05, 4.69) is 19.1 Å². The number of ether oxygens (including phenoxy) is 2. The molecule has 0 spiro atoms. The Bertz CT molecular complexity index is 324. The van der Waals surface area contributed by atoms with E-state index < -0.39 is 0 Å². The van der Waals surface area contributed by atoms with Crippen LogP contribution in [0.5, 0.6) is 5.75 Å². The van der Waals surface area contributed by atoms with Crippen LogP contribution in [0.4, 0.5) is 0 Å². The van der Waals surface area contributed by atoms with Gasteiger partial charge >= 0.3 is 0 Å². The molecular formula is C17H29NO2. The van der Waals surface area contributed by atoms with E-state index in [0.717, 1.165) is 25.2 Å². The van der Waals surface area contributed by atoms with Crippen LogP contribution in [0.25, 0.3) is 0 Å². The molecule has 0 radical (unpaired) electrons. The minimum Gasteiger partial charge on any atom is -0.491 e. The zero-order chi connectivity index (χ0) is 14.5. The highest BCUT2D eigenvalue weighted by atomic mass is 16.5. The molecule has 3 nitrogen and oxygen atoms in total. The van der Waals surface area contributed by atoms with Crippen LogP contribution in [0, 0.1) is 0 Å². The minimum absolute atomic E-state index is 0.616. The van der Waals surface area contributed by atoms with Crippen molar-refractivity contribution in [2.75, 3.05) is 26.4 Å². The number of hydrogen-bond donors (Lipinski definition) is 1. The summed E-state index contributed by atoms with van der Waals surface area (Å²) in [7, 11) is 0. The number of rotatable bonds is 12. The molecule has 114 valence electrons. The molecule has 1 rings (SSSR count). The summed E-state index contributed by atoms with van der Waals surface area (Å²) in [4.78, 5) is 0. The molecule has 0 fully saturated rings. The predicted octanol–water partition coefficient (Wildman–Crippen LogP) is 3.55. The Morgan fingerprint density at radius 3 is 2.35 bits per heavy atom. The highest BCUT2D eigenvalue weighted by molar-refractivity contribution is 5.27. The Morgan fingerprint density at radius 1 is 0.900 bits per heavy atom. The van der Waals surface area contributed by atoms with Gasteiger partial charge in [-0.05, 0) is 37.1 Å². The lowest BCUT2D eigenvalue weighted by atomic mass is 10.1. The molecule has 0 aliphatic heterocycles. The molecule has 1 aromatic rings. The van der Waals surface area contributed by atoms with Crippen molar-refractivity contribution in [1.82, 2.24) is 0 Å². The molecule has 0 aliphatic rings. The standard InChI is InChI=1S/C17H29NO2/c1-2-3-4-5-6-13-19-14-15-20-17-9-7-16(8-10-17)11-12-18/h7-10H,2-6,11-15,18H2,1H3. The highest BCUT2D eigenvalue weighted by Gasteiger charge is 1.96. The third-order valence-corrected chi connectivity index (χ3v) is 3.24. The second kappa shape index (κ2) is 11.7. The molecule has 0 bridgehead atoms. The Labute approximate surface area is 123 Å². The van der Waals surface area contributed by atoms with Crippen molar-refractivity contribution >= 4 is 0 Å². The SMILES string of the molecule is CCCCCCCOCCOc1ccc(CCN)cc1. The van der Waals surface area contributed by atoms with Gasteiger partial charge < -0.3 is 15.2 Å². The van der Waals surface area contributed by atoms with E-state index in [0.29, 0.717) is 19.8 Å². The molecule has 3 heteroatoms. The lowest BCUT2D eigenvalue weighted by Gasteiger charge is -2.08. The van der Waals surface area contributed by atoms with Gasteiger partial charge in [0.1, 0.15) is 12.4 Å². The van der Waals surface area contributed by atoms with Crippen molar-refractivity contribution in [3.63, 3.8) is 0 Å². The summed E-state index contributed by atoms with van der Waals surface area (Å²) in [5.41, 5.74) is 6.77. The zero-order valence-electron chi connectivity index (χ0n) is 12.8. The molecule has 0 unspecified atom stereocenters. The minimum atomic E-state index is 0.616. The van der Waals surface area contributed by atoms with Crippen LogP contribution < -0.4 is 10.5 Å². The third kappa shape index (κ3) is 8.18. The largest absolute Gasteiger partial charge is 0.491 e. The average Bonchev–Trinajstić information content (AvgIpc) is 2.47. The van der Waals surface area contributed by atoms with Crippen LogP contribution in [0.2, 0.25) is 0 Å². The first-order chi connectivity index (χ1) is 9.86. The molecule has 0 aromatic heterocycles. The maximum Gasteiger partial charge on any atom is 0.119 e. The van der Waals surface area contributed by atoms with Gasteiger partial charge in [-0.2, -0.15) is 0 Å². The fourth-order valence-corrected chi connectivity index (χ4v) is 2.05. The molecule has 2 N–H and O–H groups in total. The molecule has 0 saturated carbocycles. The van der Waals surface area contributed by atoms with Gasteiger partial charge in [-0.15, -0.1) is 0 Å². The van der Waals surface area contributed by atoms with Gasteiger partial charge in [-0.1, -0.05) is 44.7 Å². The van der Waals surface area contributed by atoms with Gasteiger partial charge in [0.15, 0.2) is 0 Å². The highest BCUT2D eigenvalue weighted by Crippen LogP contribution is 2.12. The van der Waals surface area contributed by atoms with Crippen LogP contribution in [0.15, 0.2) is 24.3 Å². The van der Waals surface area contributed by atoms with Crippen LogP contribution in [-0.4, -0.2) is 26.4 Å². The quantitative estimate of drug-likeness (QED) is 0.595. The van der Waals surface area contributed by atoms with E-state index in [1.807, 2.05) is 12.1 Å². The second-order valence-corrected chi connectivity index (χ2v) is 5.06. The number of nitrogens with two attached hydrogens (primary N) is 1. The van der Waals surface area contributed by atoms with Crippen LogP contribution in [-0.2, 0) is 11.2 Å². The molecular weight excluding hydrogens is 250 g/mol. The molecule has 0 atom stereocenters. The lowest BCUT2D eigenvalue weighted by Crippen LogP contribution is -2.07. The van der Waals surface area contributed by atoms with E-state index in [1.165, 1.54) is 31.2 Å². The van der Waals surface area contributed by atoms with Crippen molar-refractivity contribution in [3.05, 3.63) is 29.8 Å². The summed E-state index contributed by atoms with van der Waals surface area (Å²) in [6.45, 7) is 5.05. The van der Waals surface area contributed by atoms with Crippen molar-refractivity contribution in [3.8, 4) is 5.75 Å². The normalized spacial score (nSPS) is 10.7. The van der Waals surface area contributed by atoms with Crippen LogP contribution in [0.3, 0.4) is 0 Å². The lowest BCUT2D eigenvalue weighted by molar-refractivity contribution is 0.0971. The van der Waals surface area contributed by atoms with Crippen LogP contribution >= 0.6 is 0 Å². The zero-order valence-corrected chi connectivity index (χ0v) is 12.8. The molecule has 0 saturated heterocycles. The first kappa shape index (κ1) is 17.0. The van der Waals surface area contributed by atoms with E-state index >= 15 is 0 Å². The van der Waals surface area contributed by atoms with Crippen molar-refractivity contribution in [2.24, 2.45) is 5.73 Å². The second-order valence-electron chi connectivity index (χ2n) is 5.06. The summed E-state index contributed by atoms with van der Waals surface area (Å²) >= 11 is 0. The van der Waals surface area contributed by atoms with Crippen molar-refractivity contribution < 1.29 is 9.47 Å². The van der Waals surface area contributed by atoms with E-state index in [-0.39, 0.29) is 0 Å². The Kier molecular flexibility index (Phi) is 9.98. The molecule has 20 heavy (non-hydrogen) atoms. The monoisotopic (exact) mass is 279 g/mol. The van der Waals surface area contributed by atoms with Gasteiger partial charge in [0.25, 0.3) is 0 Å². The van der Waals surface area contributed by atoms with E-state index in [9.17, 15) is 0 Å². The summed E-state index contributed by atoms with van der Waals surface area (Å²) in [5, 5.41) is 0. The molecule has 0 aliphatic carbocycles. The van der Waals surface area contributed by atoms with Crippen LogP contribution in [0.1, 0.15) is 44.6 Å².